The zero-order valence-electron chi connectivity index (χ0n) is 9.29. The fourth-order valence-electron chi connectivity index (χ4n) is 1.59. The van der Waals surface area contributed by atoms with Crippen molar-refractivity contribution >= 4 is 15.9 Å². The highest BCUT2D eigenvalue weighted by atomic mass is 79.9. The van der Waals surface area contributed by atoms with E-state index in [4.69, 9.17) is 0 Å². The van der Waals surface area contributed by atoms with Crippen LogP contribution < -0.4 is 0 Å². The monoisotopic (exact) mass is 272 g/mol. The maximum absolute atomic E-state index is 9.91. The van der Waals surface area contributed by atoms with E-state index in [1.807, 2.05) is 32.9 Å². The average molecular weight is 273 g/mol. The van der Waals surface area contributed by atoms with Crippen molar-refractivity contribution in [2.45, 2.75) is 33.0 Å². The Morgan fingerprint density at radius 3 is 2.13 bits per heavy atom. The first-order chi connectivity index (χ1) is 6.97. The molecule has 2 N–H and O–H groups in total. The van der Waals surface area contributed by atoms with Gasteiger partial charge in [-0.3, -0.25) is 0 Å². The predicted molar refractivity (Wildman–Crippen MR) is 65.4 cm³/mol. The zero-order valence-corrected chi connectivity index (χ0v) is 10.9. The molecule has 0 aliphatic heterocycles. The maximum atomic E-state index is 9.91. The van der Waals surface area contributed by atoms with E-state index in [0.717, 1.165) is 16.7 Å². The molecule has 0 saturated carbocycles. The molecule has 2 unspecified atom stereocenters. The average Bonchev–Trinajstić information content (AvgIpc) is 2.21. The second-order valence-electron chi connectivity index (χ2n) is 3.96. The highest BCUT2D eigenvalue weighted by Gasteiger charge is 2.19. The number of aliphatic hydroxyl groups excluding tert-OH is 2. The predicted octanol–water partition coefficient (Wildman–Crippen LogP) is 2.40. The molecule has 3 heteroatoms. The van der Waals surface area contributed by atoms with Gasteiger partial charge in [0.25, 0.3) is 0 Å². The molecule has 0 amide bonds. The Morgan fingerprint density at radius 2 is 1.60 bits per heavy atom. The molecule has 1 aromatic carbocycles. The molecule has 0 bridgehead atoms. The summed E-state index contributed by atoms with van der Waals surface area (Å²) in [5.74, 6) is 0. The molecule has 2 atom stereocenters. The SMILES string of the molecule is Cc1cc(C)c(C(O)C(O)CBr)cc1C. The molecule has 0 heterocycles. The van der Waals surface area contributed by atoms with Crippen molar-refractivity contribution in [3.63, 3.8) is 0 Å². The number of halogens is 1. The van der Waals surface area contributed by atoms with Crippen molar-refractivity contribution < 1.29 is 10.2 Å². The topological polar surface area (TPSA) is 40.5 Å². The van der Waals surface area contributed by atoms with Gasteiger partial charge in [-0.2, -0.15) is 0 Å². The number of aliphatic hydroxyl groups is 2. The fourth-order valence-corrected chi connectivity index (χ4v) is 1.95. The Labute approximate surface area is 99.1 Å². The van der Waals surface area contributed by atoms with E-state index >= 15 is 0 Å². The lowest BCUT2D eigenvalue weighted by molar-refractivity contribution is 0.0338. The summed E-state index contributed by atoms with van der Waals surface area (Å²) in [7, 11) is 0. The van der Waals surface area contributed by atoms with Gasteiger partial charge in [-0.1, -0.05) is 28.1 Å². The molecule has 2 nitrogen and oxygen atoms in total. The van der Waals surface area contributed by atoms with Gasteiger partial charge in [0.2, 0.25) is 0 Å². The summed E-state index contributed by atoms with van der Waals surface area (Å²) in [6, 6.07) is 3.98. The normalized spacial score (nSPS) is 15.1. The van der Waals surface area contributed by atoms with E-state index in [0.29, 0.717) is 5.33 Å². The molecule has 0 radical (unpaired) electrons. The van der Waals surface area contributed by atoms with E-state index in [9.17, 15) is 10.2 Å². The largest absolute Gasteiger partial charge is 0.389 e. The van der Waals surface area contributed by atoms with Gasteiger partial charge in [0.05, 0.1) is 6.10 Å². The molecule has 0 aromatic heterocycles. The Hall–Kier alpha value is -0.380. The maximum Gasteiger partial charge on any atom is 0.106 e. The highest BCUT2D eigenvalue weighted by molar-refractivity contribution is 9.09. The molecule has 0 aliphatic carbocycles. The molecule has 0 saturated heterocycles. The molecule has 0 aliphatic rings. The number of hydrogen-bond donors (Lipinski definition) is 2. The van der Waals surface area contributed by atoms with Crippen LogP contribution in [0.25, 0.3) is 0 Å². The first-order valence-corrected chi connectivity index (χ1v) is 6.09. The number of rotatable bonds is 3. The molecule has 1 aromatic rings. The van der Waals surface area contributed by atoms with Gasteiger partial charge >= 0.3 is 0 Å². The quantitative estimate of drug-likeness (QED) is 0.830. The van der Waals surface area contributed by atoms with Gasteiger partial charge < -0.3 is 10.2 Å². The standard InChI is InChI=1S/C12H17BrO2/c1-7-4-9(3)10(5-8(7)2)12(15)11(14)6-13/h4-5,11-12,14-15H,6H2,1-3H3. The Kier molecular flexibility index (Phi) is 4.32. The van der Waals surface area contributed by atoms with E-state index in [-0.39, 0.29) is 0 Å². The van der Waals surface area contributed by atoms with Gasteiger partial charge in [0.1, 0.15) is 6.10 Å². The van der Waals surface area contributed by atoms with Gasteiger partial charge in [-0.05, 0) is 43.0 Å². The van der Waals surface area contributed by atoms with Crippen LogP contribution in [-0.4, -0.2) is 21.6 Å². The second kappa shape index (κ2) is 5.10. The third-order valence-corrected chi connectivity index (χ3v) is 3.39. The molecule has 0 spiro atoms. The van der Waals surface area contributed by atoms with Crippen molar-refractivity contribution in [2.75, 3.05) is 5.33 Å². The number of benzene rings is 1. The number of alkyl halides is 1. The summed E-state index contributed by atoms with van der Waals surface area (Å²) in [6.07, 6.45) is -1.57. The lowest BCUT2D eigenvalue weighted by Gasteiger charge is -2.19. The van der Waals surface area contributed by atoms with Crippen LogP contribution in [0.2, 0.25) is 0 Å². The van der Waals surface area contributed by atoms with E-state index in [1.54, 1.807) is 0 Å². The minimum Gasteiger partial charge on any atom is -0.389 e. The first kappa shape index (κ1) is 12.7. The minimum atomic E-state index is -0.816. The number of aryl methyl sites for hydroxylation is 3. The van der Waals surface area contributed by atoms with Gasteiger partial charge in [0.15, 0.2) is 0 Å². The lowest BCUT2D eigenvalue weighted by atomic mass is 9.95. The highest BCUT2D eigenvalue weighted by Crippen LogP contribution is 2.24. The van der Waals surface area contributed by atoms with E-state index in [1.165, 1.54) is 5.56 Å². The van der Waals surface area contributed by atoms with E-state index in [2.05, 4.69) is 15.9 Å². The molecule has 1 rings (SSSR count). The van der Waals surface area contributed by atoms with Crippen LogP contribution in [0.15, 0.2) is 12.1 Å². The van der Waals surface area contributed by atoms with Crippen LogP contribution in [0, 0.1) is 20.8 Å². The Balaban J connectivity index is 3.09. The van der Waals surface area contributed by atoms with Crippen LogP contribution in [0.3, 0.4) is 0 Å². The first-order valence-electron chi connectivity index (χ1n) is 4.97. The summed E-state index contributed by atoms with van der Waals surface area (Å²) in [4.78, 5) is 0. The molecule has 15 heavy (non-hydrogen) atoms. The third kappa shape index (κ3) is 2.80. The second-order valence-corrected chi connectivity index (χ2v) is 4.61. The summed E-state index contributed by atoms with van der Waals surface area (Å²) < 4.78 is 0. The van der Waals surface area contributed by atoms with Crippen LogP contribution in [0.4, 0.5) is 0 Å². The minimum absolute atomic E-state index is 0.376. The summed E-state index contributed by atoms with van der Waals surface area (Å²) in [5, 5.41) is 19.8. The van der Waals surface area contributed by atoms with Gasteiger partial charge in [0, 0.05) is 5.33 Å². The third-order valence-electron chi connectivity index (χ3n) is 2.72. The van der Waals surface area contributed by atoms with Crippen LogP contribution in [0.5, 0.6) is 0 Å². The summed E-state index contributed by atoms with van der Waals surface area (Å²) >= 11 is 3.16. The summed E-state index contributed by atoms with van der Waals surface area (Å²) in [6.45, 7) is 6.00. The fraction of sp³-hybridized carbons (Fsp3) is 0.500. The smallest absolute Gasteiger partial charge is 0.106 e. The molecule has 84 valence electrons. The van der Waals surface area contributed by atoms with Crippen molar-refractivity contribution in [1.29, 1.82) is 0 Å². The van der Waals surface area contributed by atoms with Crippen molar-refractivity contribution in [2.24, 2.45) is 0 Å². The Bertz CT molecular complexity index is 350. The zero-order chi connectivity index (χ0) is 11.6. The van der Waals surface area contributed by atoms with Crippen LogP contribution >= 0.6 is 15.9 Å². The lowest BCUT2D eigenvalue weighted by Crippen LogP contribution is -2.20. The van der Waals surface area contributed by atoms with Crippen molar-refractivity contribution in [1.82, 2.24) is 0 Å². The van der Waals surface area contributed by atoms with Crippen LogP contribution in [0.1, 0.15) is 28.4 Å². The number of hydrogen-bond acceptors (Lipinski definition) is 2. The Morgan fingerprint density at radius 1 is 1.07 bits per heavy atom. The van der Waals surface area contributed by atoms with Crippen LogP contribution in [-0.2, 0) is 0 Å². The molecular formula is C12H17BrO2. The molecule has 0 fully saturated rings. The van der Waals surface area contributed by atoms with E-state index < -0.39 is 12.2 Å². The molecular weight excluding hydrogens is 256 g/mol. The van der Waals surface area contributed by atoms with Crippen molar-refractivity contribution in [3.05, 3.63) is 34.4 Å². The van der Waals surface area contributed by atoms with Crippen molar-refractivity contribution in [3.8, 4) is 0 Å². The van der Waals surface area contributed by atoms with Gasteiger partial charge in [-0.25, -0.2) is 0 Å². The summed E-state index contributed by atoms with van der Waals surface area (Å²) in [5.41, 5.74) is 4.17. The van der Waals surface area contributed by atoms with Gasteiger partial charge in [-0.15, -0.1) is 0 Å².